The number of carbonyl (C=O) groups excluding carboxylic acids is 1. The number of halogens is 2. The third kappa shape index (κ3) is 4.28. The van der Waals surface area contributed by atoms with Crippen LogP contribution >= 0.6 is 0 Å². The Bertz CT molecular complexity index is 1270. The Labute approximate surface area is 180 Å². The molecule has 0 radical (unpaired) electrons. The number of anilines is 1. The zero-order chi connectivity index (χ0) is 22.8. The molecule has 3 aromatic heterocycles. The van der Waals surface area contributed by atoms with Gasteiger partial charge in [-0.3, -0.25) is 9.20 Å². The summed E-state index contributed by atoms with van der Waals surface area (Å²) in [4.78, 5) is 21.2. The first-order chi connectivity index (χ1) is 15.4. The van der Waals surface area contributed by atoms with Gasteiger partial charge in [0, 0.05) is 23.5 Å². The molecule has 32 heavy (non-hydrogen) atoms. The molecule has 0 unspecified atom stereocenters. The highest BCUT2D eigenvalue weighted by atomic mass is 19.3. The summed E-state index contributed by atoms with van der Waals surface area (Å²) in [7, 11) is 1.55. The second kappa shape index (κ2) is 8.71. The summed E-state index contributed by atoms with van der Waals surface area (Å²) in [5.74, 6) is 0.287. The van der Waals surface area contributed by atoms with Crippen LogP contribution in [0.5, 0.6) is 5.75 Å². The molecular weight excluding hydrogens is 424 g/mol. The summed E-state index contributed by atoms with van der Waals surface area (Å²) >= 11 is 0. The van der Waals surface area contributed by atoms with Crippen molar-refractivity contribution in [3.8, 4) is 17.1 Å². The van der Waals surface area contributed by atoms with Crippen LogP contribution in [0, 0.1) is 6.92 Å². The van der Waals surface area contributed by atoms with E-state index in [-0.39, 0.29) is 17.6 Å². The molecule has 4 aromatic rings. The van der Waals surface area contributed by atoms with E-state index in [4.69, 9.17) is 9.26 Å². The lowest BCUT2D eigenvalue weighted by atomic mass is 10.1. The van der Waals surface area contributed by atoms with Gasteiger partial charge in [0.15, 0.2) is 0 Å². The Morgan fingerprint density at radius 2 is 2.12 bits per heavy atom. The molecule has 0 spiro atoms. The smallest absolute Gasteiger partial charge is 0.274 e. The molecule has 0 aliphatic heterocycles. The number of imidazole rings is 1. The first-order valence-corrected chi connectivity index (χ1v) is 9.58. The molecule has 0 bridgehead atoms. The molecular formula is C21H19F2N5O4. The average Bonchev–Trinajstić information content (AvgIpc) is 3.41. The summed E-state index contributed by atoms with van der Waals surface area (Å²) < 4.78 is 36.8. The molecule has 3 heterocycles. The number of nitrogens with zero attached hydrogens (tertiary/aromatic N) is 4. The van der Waals surface area contributed by atoms with Crippen LogP contribution in [0.1, 0.15) is 21.9 Å². The van der Waals surface area contributed by atoms with Gasteiger partial charge >= 0.3 is 0 Å². The lowest BCUT2D eigenvalue weighted by molar-refractivity contribution is -0.00754. The van der Waals surface area contributed by atoms with Gasteiger partial charge in [0.1, 0.15) is 23.2 Å². The topological polar surface area (TPSA) is 115 Å². The number of hydrogen-bond donors (Lipinski definition) is 2. The van der Waals surface area contributed by atoms with Gasteiger partial charge in [0.25, 0.3) is 12.3 Å². The highest BCUT2D eigenvalue weighted by molar-refractivity contribution is 6.04. The maximum atomic E-state index is 12.9. The molecule has 0 saturated heterocycles. The van der Waals surface area contributed by atoms with Crippen LogP contribution in [0.15, 0.2) is 47.2 Å². The SMILES string of the molecule is COc1ccn2c(C(=O)Nc3cc(-c4noc(C[C@H](O)C(F)F)n4)ccc3C)cnc2c1. The second-order valence-corrected chi connectivity index (χ2v) is 7.04. The van der Waals surface area contributed by atoms with Gasteiger partial charge in [-0.05, 0) is 24.6 Å². The molecule has 1 amide bonds. The number of nitrogens with one attached hydrogen (secondary N) is 1. The Hall–Kier alpha value is -3.86. The molecule has 4 rings (SSSR count). The van der Waals surface area contributed by atoms with Crippen molar-refractivity contribution < 1.29 is 27.9 Å². The lowest BCUT2D eigenvalue weighted by Crippen LogP contribution is -2.20. The van der Waals surface area contributed by atoms with Gasteiger partial charge in [0.05, 0.1) is 19.7 Å². The highest BCUT2D eigenvalue weighted by Crippen LogP contribution is 2.25. The Morgan fingerprint density at radius 3 is 2.88 bits per heavy atom. The van der Waals surface area contributed by atoms with Gasteiger partial charge in [-0.15, -0.1) is 0 Å². The molecule has 2 N–H and O–H groups in total. The fraction of sp³-hybridized carbons (Fsp3) is 0.238. The number of ether oxygens (including phenoxy) is 1. The molecule has 9 nitrogen and oxygen atoms in total. The molecule has 1 aromatic carbocycles. The van der Waals surface area contributed by atoms with E-state index in [1.165, 1.54) is 6.20 Å². The predicted molar refractivity (Wildman–Crippen MR) is 110 cm³/mol. The van der Waals surface area contributed by atoms with E-state index >= 15 is 0 Å². The maximum Gasteiger partial charge on any atom is 0.274 e. The quantitative estimate of drug-likeness (QED) is 0.451. The average molecular weight is 443 g/mol. The van der Waals surface area contributed by atoms with Crippen molar-refractivity contribution in [2.45, 2.75) is 25.9 Å². The maximum absolute atomic E-state index is 12.9. The minimum atomic E-state index is -2.91. The minimum absolute atomic E-state index is 0.111. The van der Waals surface area contributed by atoms with E-state index in [1.807, 2.05) is 6.92 Å². The second-order valence-electron chi connectivity index (χ2n) is 7.04. The number of methoxy groups -OCH3 is 1. The lowest BCUT2D eigenvalue weighted by Gasteiger charge is -2.10. The van der Waals surface area contributed by atoms with Gasteiger partial charge in [-0.1, -0.05) is 17.3 Å². The number of amides is 1. The van der Waals surface area contributed by atoms with Crippen LogP contribution in [0.4, 0.5) is 14.5 Å². The number of aliphatic hydroxyl groups is 1. The number of alkyl halides is 2. The van der Waals surface area contributed by atoms with Crippen molar-refractivity contribution in [2.24, 2.45) is 0 Å². The number of aryl methyl sites for hydroxylation is 1. The van der Waals surface area contributed by atoms with Crippen LogP contribution in [-0.4, -0.2) is 50.2 Å². The van der Waals surface area contributed by atoms with E-state index in [9.17, 15) is 18.7 Å². The molecule has 166 valence electrons. The van der Waals surface area contributed by atoms with Crippen molar-refractivity contribution in [2.75, 3.05) is 12.4 Å². The minimum Gasteiger partial charge on any atom is -0.497 e. The number of rotatable bonds is 7. The van der Waals surface area contributed by atoms with E-state index in [0.29, 0.717) is 28.3 Å². The third-order valence-electron chi connectivity index (χ3n) is 4.84. The Morgan fingerprint density at radius 1 is 1.31 bits per heavy atom. The summed E-state index contributed by atoms with van der Waals surface area (Å²) in [6.07, 6.45) is -2.11. The summed E-state index contributed by atoms with van der Waals surface area (Å²) in [6, 6.07) is 8.55. The van der Waals surface area contributed by atoms with E-state index in [1.54, 1.807) is 48.0 Å². The highest BCUT2D eigenvalue weighted by Gasteiger charge is 2.21. The fourth-order valence-electron chi connectivity index (χ4n) is 3.06. The molecule has 0 fully saturated rings. The summed E-state index contributed by atoms with van der Waals surface area (Å²) in [6.45, 7) is 1.82. The zero-order valence-corrected chi connectivity index (χ0v) is 17.1. The number of carbonyl (C=O) groups is 1. The van der Waals surface area contributed by atoms with Crippen LogP contribution in [-0.2, 0) is 6.42 Å². The van der Waals surface area contributed by atoms with E-state index < -0.39 is 19.0 Å². The van der Waals surface area contributed by atoms with Crippen LogP contribution in [0.2, 0.25) is 0 Å². The fourth-order valence-corrected chi connectivity index (χ4v) is 3.06. The van der Waals surface area contributed by atoms with Crippen molar-refractivity contribution in [1.82, 2.24) is 19.5 Å². The van der Waals surface area contributed by atoms with E-state index in [0.717, 1.165) is 5.56 Å². The standard InChI is InChI=1S/C21H19F2N5O4/c1-11-3-4-12(20-26-18(32-27-20)9-16(29)19(22)23)7-14(11)25-21(30)15-10-24-17-8-13(31-2)5-6-28(15)17/h3-8,10,16,19,29H,9H2,1-2H3,(H,25,30)/t16-/m0/s1. The molecule has 1 atom stereocenters. The molecule has 11 heteroatoms. The van der Waals surface area contributed by atoms with Gasteiger partial charge in [-0.25, -0.2) is 13.8 Å². The number of pyridine rings is 1. The Kier molecular flexibility index (Phi) is 5.82. The predicted octanol–water partition coefficient (Wildman–Crippen LogP) is 3.12. The summed E-state index contributed by atoms with van der Waals surface area (Å²) in [5, 5.41) is 15.9. The van der Waals surface area contributed by atoms with Crippen LogP contribution < -0.4 is 10.1 Å². The van der Waals surface area contributed by atoms with Crippen molar-refractivity contribution >= 4 is 17.2 Å². The molecule has 0 aliphatic carbocycles. The summed E-state index contributed by atoms with van der Waals surface area (Å²) in [5.41, 5.74) is 2.69. The normalized spacial score (nSPS) is 12.3. The van der Waals surface area contributed by atoms with Crippen molar-refractivity contribution in [3.63, 3.8) is 0 Å². The van der Waals surface area contributed by atoms with E-state index in [2.05, 4.69) is 20.4 Å². The number of aromatic nitrogens is 4. The van der Waals surface area contributed by atoms with Crippen molar-refractivity contribution in [3.05, 3.63) is 59.9 Å². The first kappa shape index (κ1) is 21.4. The number of aliphatic hydroxyl groups excluding tert-OH is 1. The van der Waals surface area contributed by atoms with Gasteiger partial charge < -0.3 is 19.7 Å². The van der Waals surface area contributed by atoms with Gasteiger partial charge in [0.2, 0.25) is 11.7 Å². The molecule has 0 saturated carbocycles. The Balaban J connectivity index is 1.56. The number of hydrogen-bond acceptors (Lipinski definition) is 7. The third-order valence-corrected chi connectivity index (χ3v) is 4.84. The monoisotopic (exact) mass is 443 g/mol. The van der Waals surface area contributed by atoms with Gasteiger partial charge in [-0.2, -0.15) is 4.98 Å². The number of fused-ring (bicyclic) bond motifs is 1. The van der Waals surface area contributed by atoms with Crippen LogP contribution in [0.25, 0.3) is 17.0 Å². The molecule has 0 aliphatic rings. The number of benzene rings is 1. The van der Waals surface area contributed by atoms with Crippen molar-refractivity contribution in [1.29, 1.82) is 0 Å². The first-order valence-electron chi connectivity index (χ1n) is 9.58. The largest absolute Gasteiger partial charge is 0.497 e. The zero-order valence-electron chi connectivity index (χ0n) is 17.1. The van der Waals surface area contributed by atoms with Crippen LogP contribution in [0.3, 0.4) is 0 Å².